The smallest absolute Gasteiger partial charge is 0.295 e. The molecule has 0 heterocycles. The minimum absolute atomic E-state index is 0.242. The Balaban J connectivity index is 1.37. The molecule has 0 bridgehead atoms. The van der Waals surface area contributed by atoms with Crippen LogP contribution in [0.5, 0.6) is 0 Å². The highest BCUT2D eigenvalue weighted by Gasteiger charge is 2.19. The van der Waals surface area contributed by atoms with Crippen LogP contribution in [0.25, 0.3) is 21.5 Å². The largest absolute Gasteiger partial charge is 0.355 e. The number of azo groups is 2. The standard InChI is InChI=1S/C32H23N5O6S2/c38-42-43-44-23-11-6-10-22(20-23)34-35-27-16-17-28(25-13-5-4-12-24(25)27)36-37-29-18-19-30(33-21-8-2-1-3-9-21)32-26(29)14-7-15-31(32)45(39,40)41/h1-20,33,38H,(H,39,40,41). The molecule has 0 spiro atoms. The highest BCUT2D eigenvalue weighted by Crippen LogP contribution is 2.40. The molecule has 0 unspecified atom stereocenters. The lowest BCUT2D eigenvalue weighted by atomic mass is 10.1. The van der Waals surface area contributed by atoms with Crippen molar-refractivity contribution in [3.8, 4) is 0 Å². The van der Waals surface area contributed by atoms with Crippen molar-refractivity contribution in [2.24, 2.45) is 20.5 Å². The highest BCUT2D eigenvalue weighted by atomic mass is 32.2. The van der Waals surface area contributed by atoms with Gasteiger partial charge in [-0.05, 0) is 60.7 Å². The van der Waals surface area contributed by atoms with Crippen molar-refractivity contribution in [3.05, 3.63) is 121 Å². The number of benzene rings is 6. The summed E-state index contributed by atoms with van der Waals surface area (Å²) in [6, 6.07) is 35.5. The Bertz CT molecular complexity index is 2180. The van der Waals surface area contributed by atoms with Crippen LogP contribution in [-0.4, -0.2) is 18.2 Å². The summed E-state index contributed by atoms with van der Waals surface area (Å²) >= 11 is 0.825. The summed E-state index contributed by atoms with van der Waals surface area (Å²) in [6.07, 6.45) is 0. The van der Waals surface area contributed by atoms with Crippen molar-refractivity contribution in [2.45, 2.75) is 9.79 Å². The fourth-order valence-corrected chi connectivity index (χ4v) is 5.89. The molecule has 0 aliphatic carbocycles. The van der Waals surface area contributed by atoms with Crippen LogP contribution >= 0.6 is 12.0 Å². The molecule has 0 aromatic heterocycles. The van der Waals surface area contributed by atoms with E-state index in [0.29, 0.717) is 44.1 Å². The molecule has 0 aliphatic heterocycles. The number of nitrogens with one attached hydrogen (secondary N) is 1. The van der Waals surface area contributed by atoms with Gasteiger partial charge in [0.1, 0.15) is 4.90 Å². The van der Waals surface area contributed by atoms with E-state index in [-0.39, 0.29) is 4.90 Å². The van der Waals surface area contributed by atoms with Gasteiger partial charge in [-0.2, -0.15) is 13.5 Å². The predicted molar refractivity (Wildman–Crippen MR) is 173 cm³/mol. The Morgan fingerprint density at radius 1 is 0.644 bits per heavy atom. The second kappa shape index (κ2) is 13.3. The molecule has 0 saturated heterocycles. The quantitative estimate of drug-likeness (QED) is 0.0440. The molecular weight excluding hydrogens is 615 g/mol. The van der Waals surface area contributed by atoms with Gasteiger partial charge < -0.3 is 5.32 Å². The van der Waals surface area contributed by atoms with E-state index in [9.17, 15) is 13.0 Å². The summed E-state index contributed by atoms with van der Waals surface area (Å²) < 4.78 is 39.2. The summed E-state index contributed by atoms with van der Waals surface area (Å²) in [4.78, 5) is 0.412. The lowest BCUT2D eigenvalue weighted by Gasteiger charge is -2.14. The molecule has 11 nitrogen and oxygen atoms in total. The van der Waals surface area contributed by atoms with Crippen molar-refractivity contribution >= 4 is 77.8 Å². The average molecular weight is 638 g/mol. The average Bonchev–Trinajstić information content (AvgIpc) is 3.06. The van der Waals surface area contributed by atoms with Crippen LogP contribution in [0.3, 0.4) is 0 Å². The van der Waals surface area contributed by atoms with Crippen molar-refractivity contribution < 1.29 is 27.6 Å². The number of hydrogen-bond acceptors (Lipinski definition) is 11. The Labute approximate surface area is 261 Å². The van der Waals surface area contributed by atoms with Crippen LogP contribution in [0, 0.1) is 0 Å². The zero-order valence-corrected chi connectivity index (χ0v) is 24.8. The zero-order chi connectivity index (χ0) is 31.2. The third kappa shape index (κ3) is 6.89. The molecule has 45 heavy (non-hydrogen) atoms. The topological polar surface area (TPSA) is 155 Å². The first-order chi connectivity index (χ1) is 21.9. The summed E-state index contributed by atoms with van der Waals surface area (Å²) in [5, 5.41) is 35.4. The van der Waals surface area contributed by atoms with Crippen molar-refractivity contribution in [2.75, 3.05) is 5.32 Å². The molecule has 0 aliphatic rings. The second-order valence-corrected chi connectivity index (χ2v) is 11.7. The van der Waals surface area contributed by atoms with Gasteiger partial charge in [0.15, 0.2) is 0 Å². The normalized spacial score (nSPS) is 12.0. The minimum Gasteiger partial charge on any atom is -0.355 e. The van der Waals surface area contributed by atoms with Crippen LogP contribution in [0.15, 0.2) is 152 Å². The molecular formula is C32H23N5O6S2. The van der Waals surface area contributed by atoms with Gasteiger partial charge in [0, 0.05) is 37.8 Å². The Morgan fingerprint density at radius 3 is 1.93 bits per heavy atom. The first kappa shape index (κ1) is 30.0. The van der Waals surface area contributed by atoms with Gasteiger partial charge in [-0.3, -0.25) is 4.55 Å². The number of anilines is 2. The summed E-state index contributed by atoms with van der Waals surface area (Å²) in [5.74, 6) is 0. The number of nitrogens with zero attached hydrogens (tertiary/aromatic N) is 4. The molecule has 0 atom stereocenters. The fraction of sp³-hybridized carbons (Fsp3) is 0. The third-order valence-electron chi connectivity index (χ3n) is 6.71. The van der Waals surface area contributed by atoms with E-state index in [4.69, 9.17) is 5.26 Å². The van der Waals surface area contributed by atoms with Crippen LogP contribution in [0.4, 0.5) is 34.1 Å². The van der Waals surface area contributed by atoms with Gasteiger partial charge in [0.25, 0.3) is 10.1 Å². The van der Waals surface area contributed by atoms with Crippen LogP contribution in [-0.2, 0) is 19.5 Å². The SMILES string of the molecule is O=S(=O)(O)c1cccc2c(N=Nc3ccc(N=Nc4cccc(SOOO)c4)c4ccccc34)ccc(Nc3ccccc3)c12. The second-order valence-electron chi connectivity index (χ2n) is 9.55. The molecule has 6 aromatic rings. The maximum Gasteiger partial charge on any atom is 0.295 e. The van der Waals surface area contributed by atoms with Crippen LogP contribution in [0.2, 0.25) is 0 Å². The van der Waals surface area contributed by atoms with Crippen molar-refractivity contribution in [1.29, 1.82) is 0 Å². The summed E-state index contributed by atoms with van der Waals surface area (Å²) in [5.41, 5.74) is 3.39. The molecule has 13 heteroatoms. The maximum absolute atomic E-state index is 12.4. The number of hydrogen-bond donors (Lipinski definition) is 3. The van der Waals surface area contributed by atoms with Gasteiger partial charge in [0.2, 0.25) is 0 Å². The predicted octanol–water partition coefficient (Wildman–Crippen LogP) is 10.2. The van der Waals surface area contributed by atoms with Crippen molar-refractivity contribution in [3.63, 3.8) is 0 Å². The van der Waals surface area contributed by atoms with E-state index in [2.05, 4.69) is 35.1 Å². The number of fused-ring (bicyclic) bond motifs is 2. The van der Waals surface area contributed by atoms with Gasteiger partial charge >= 0.3 is 0 Å². The molecule has 0 fully saturated rings. The fourth-order valence-electron chi connectivity index (χ4n) is 4.75. The molecule has 6 rings (SSSR count). The van der Waals surface area contributed by atoms with E-state index in [1.807, 2.05) is 54.6 Å². The molecule has 0 saturated carbocycles. The first-order valence-electron chi connectivity index (χ1n) is 13.4. The third-order valence-corrected chi connectivity index (χ3v) is 8.18. The van der Waals surface area contributed by atoms with E-state index in [1.54, 1.807) is 60.7 Å². The maximum atomic E-state index is 12.4. The number of rotatable bonds is 10. The highest BCUT2D eigenvalue weighted by molar-refractivity contribution is 7.94. The molecule has 3 N–H and O–H groups in total. The Hall–Kier alpha value is -5.02. The number of para-hydroxylation sites is 1. The van der Waals surface area contributed by atoms with Gasteiger partial charge in [-0.15, -0.1) is 19.7 Å². The summed E-state index contributed by atoms with van der Waals surface area (Å²) in [7, 11) is -4.55. The van der Waals surface area contributed by atoms with Crippen molar-refractivity contribution in [1.82, 2.24) is 0 Å². The molecule has 6 aromatic carbocycles. The van der Waals surface area contributed by atoms with E-state index >= 15 is 0 Å². The lowest BCUT2D eigenvalue weighted by molar-refractivity contribution is -0.432. The van der Waals surface area contributed by atoms with E-state index in [1.165, 1.54) is 6.07 Å². The zero-order valence-electron chi connectivity index (χ0n) is 23.2. The van der Waals surface area contributed by atoms with E-state index < -0.39 is 10.1 Å². The lowest BCUT2D eigenvalue weighted by Crippen LogP contribution is -2.01. The monoisotopic (exact) mass is 637 g/mol. The molecule has 0 radical (unpaired) electrons. The Kier molecular flexibility index (Phi) is 8.89. The molecule has 224 valence electrons. The minimum atomic E-state index is -4.55. The van der Waals surface area contributed by atoms with E-state index in [0.717, 1.165) is 28.5 Å². The molecule has 0 amide bonds. The van der Waals surface area contributed by atoms with Crippen LogP contribution in [0.1, 0.15) is 0 Å². The first-order valence-corrected chi connectivity index (χ1v) is 15.5. The van der Waals surface area contributed by atoms with Gasteiger partial charge in [-0.25, -0.2) is 5.26 Å². The van der Waals surface area contributed by atoms with Crippen LogP contribution < -0.4 is 5.32 Å². The summed E-state index contributed by atoms with van der Waals surface area (Å²) in [6.45, 7) is 0. The Morgan fingerprint density at radius 2 is 1.24 bits per heavy atom. The van der Waals surface area contributed by atoms with Gasteiger partial charge in [-0.1, -0.05) is 65.7 Å². The van der Waals surface area contributed by atoms with Gasteiger partial charge in [0.05, 0.1) is 34.8 Å².